The summed E-state index contributed by atoms with van der Waals surface area (Å²) in [6.07, 6.45) is -5.30. The van der Waals surface area contributed by atoms with Crippen LogP contribution in [0.25, 0.3) is 16.5 Å². The smallest absolute Gasteiger partial charge is 0.471 e. The van der Waals surface area contributed by atoms with Crippen molar-refractivity contribution in [1.29, 1.82) is 0 Å². The highest BCUT2D eigenvalue weighted by Gasteiger charge is 2.41. The van der Waals surface area contributed by atoms with Crippen molar-refractivity contribution in [3.8, 4) is 0 Å². The first-order chi connectivity index (χ1) is 18.2. The Labute approximate surface area is 220 Å². The number of carboxylic acid groups (broad SMARTS) is 1. The Morgan fingerprint density at radius 2 is 1.59 bits per heavy atom. The number of nitrogens with one attached hydrogen (secondary N) is 1. The number of fused-ring (bicyclic) bond motifs is 1. The molecule has 0 aromatic heterocycles. The van der Waals surface area contributed by atoms with Crippen molar-refractivity contribution in [3.63, 3.8) is 0 Å². The lowest BCUT2D eigenvalue weighted by Crippen LogP contribution is -2.87. The largest absolute Gasteiger partial charge is 0.542 e. The minimum atomic E-state index is -5.19. The second-order valence-electron chi connectivity index (χ2n) is 8.65. The molecule has 3 rings (SSSR count). The van der Waals surface area contributed by atoms with Gasteiger partial charge in [0.2, 0.25) is 5.84 Å². The summed E-state index contributed by atoms with van der Waals surface area (Å²) in [5, 5.41) is 14.7. The fraction of sp³-hybridized carbons (Fsp3) is 0.385. The Hall–Kier alpha value is -3.74. The number of hydrogen-bond acceptors (Lipinski definition) is 5. The third kappa shape index (κ3) is 10.2. The summed E-state index contributed by atoms with van der Waals surface area (Å²) in [4.78, 5) is 36.1. The Balaban J connectivity index is 0.000000673. The van der Waals surface area contributed by atoms with E-state index in [1.807, 2.05) is 42.5 Å². The number of carbonyl (C=O) groups excluding carboxylic acids is 3. The van der Waals surface area contributed by atoms with E-state index in [2.05, 4.69) is 10.3 Å². The number of aliphatic imine (C=N–C) groups is 1. The second-order valence-corrected chi connectivity index (χ2v) is 8.65. The molecule has 0 spiro atoms. The van der Waals surface area contributed by atoms with Crippen molar-refractivity contribution in [3.05, 3.63) is 54.2 Å². The van der Waals surface area contributed by atoms with Crippen molar-refractivity contribution < 1.29 is 51.1 Å². The molecule has 1 aliphatic rings. The SMILES string of the molecule is CCC(=O)CCCCC[C@H](NC(=O)C(F)(F)F)C1=NC=C(c2ccc3ccccc3c2)[NH2+]1.O=C([O-])C(F)(F)F. The van der Waals surface area contributed by atoms with Crippen molar-refractivity contribution in [2.24, 2.45) is 4.99 Å². The highest BCUT2D eigenvalue weighted by atomic mass is 19.4. The third-order valence-electron chi connectivity index (χ3n) is 5.73. The van der Waals surface area contributed by atoms with Crippen molar-refractivity contribution in [2.75, 3.05) is 0 Å². The van der Waals surface area contributed by atoms with E-state index >= 15 is 0 Å². The molecule has 1 atom stereocenters. The van der Waals surface area contributed by atoms with Gasteiger partial charge in [0.25, 0.3) is 0 Å². The molecule has 2 aromatic rings. The molecule has 13 heteroatoms. The van der Waals surface area contributed by atoms with Crippen LogP contribution in [0.15, 0.2) is 53.7 Å². The van der Waals surface area contributed by atoms with Crippen molar-refractivity contribution in [2.45, 2.75) is 63.8 Å². The Morgan fingerprint density at radius 1 is 0.949 bits per heavy atom. The molecule has 1 aliphatic heterocycles. The van der Waals surface area contributed by atoms with Crippen LogP contribution < -0.4 is 15.7 Å². The molecule has 0 bridgehead atoms. The van der Waals surface area contributed by atoms with E-state index in [-0.39, 0.29) is 5.78 Å². The third-order valence-corrected chi connectivity index (χ3v) is 5.73. The zero-order valence-electron chi connectivity index (χ0n) is 20.9. The molecule has 1 heterocycles. The van der Waals surface area contributed by atoms with E-state index in [1.165, 1.54) is 0 Å². The number of benzene rings is 2. The number of amidine groups is 1. The maximum Gasteiger partial charge on any atom is 0.471 e. The summed E-state index contributed by atoms with van der Waals surface area (Å²) >= 11 is 0. The van der Waals surface area contributed by atoms with Crippen LogP contribution in [0, 0.1) is 0 Å². The average Bonchev–Trinajstić information content (AvgIpc) is 3.36. The zero-order valence-corrected chi connectivity index (χ0v) is 20.9. The molecular formula is C26H27F6N3O4. The predicted octanol–water partition coefficient (Wildman–Crippen LogP) is 3.39. The monoisotopic (exact) mass is 559 g/mol. The number of Topliss-reactive ketones (excluding diaryl/α,β-unsaturated/α-hetero) is 1. The lowest BCUT2D eigenvalue weighted by molar-refractivity contribution is -0.434. The summed E-state index contributed by atoms with van der Waals surface area (Å²) in [5.41, 5.74) is 1.69. The zero-order chi connectivity index (χ0) is 29.2. The fourth-order valence-electron chi connectivity index (χ4n) is 3.65. The van der Waals surface area contributed by atoms with Gasteiger partial charge in [0.15, 0.2) is 5.70 Å². The number of alkyl halides is 6. The Morgan fingerprint density at radius 3 is 2.18 bits per heavy atom. The van der Waals surface area contributed by atoms with E-state index in [0.717, 1.165) is 22.0 Å². The number of quaternary nitrogens is 1. The number of ketones is 1. The first-order valence-electron chi connectivity index (χ1n) is 12.0. The van der Waals surface area contributed by atoms with E-state index in [1.54, 1.807) is 18.4 Å². The van der Waals surface area contributed by atoms with Crippen LogP contribution in [-0.2, 0) is 14.4 Å². The predicted molar refractivity (Wildman–Crippen MR) is 129 cm³/mol. The molecule has 212 valence electrons. The molecular weight excluding hydrogens is 532 g/mol. The first kappa shape index (κ1) is 31.5. The number of nitrogens with zero attached hydrogens (tertiary/aromatic N) is 1. The van der Waals surface area contributed by atoms with Gasteiger partial charge in [-0.25, -0.2) is 4.99 Å². The number of rotatable bonds is 10. The standard InChI is InChI=1S/C24H26F3N3O2.C2HF3O2/c1-2-19(31)10-4-3-5-11-20(30-23(32)24(25,26)27)22-28-15-21(29-22)18-13-12-16-8-6-7-9-17(16)14-18;3-2(4,5)1(6)7/h6-9,12-15,20H,2-5,10-11H2,1H3,(H,28,29)(H,30,32);(H,6,7)/t20-;/m0./s1. The fourth-order valence-corrected chi connectivity index (χ4v) is 3.65. The van der Waals surface area contributed by atoms with Gasteiger partial charge >= 0.3 is 18.3 Å². The Kier molecular flexibility index (Phi) is 11.2. The Bertz CT molecular complexity index is 1240. The van der Waals surface area contributed by atoms with E-state index in [4.69, 9.17) is 9.90 Å². The quantitative estimate of drug-likeness (QED) is 0.343. The molecule has 0 radical (unpaired) electrons. The number of hydrogen-bond donors (Lipinski definition) is 2. The minimum Gasteiger partial charge on any atom is -0.542 e. The number of aliphatic carboxylic acids is 1. The first-order valence-corrected chi connectivity index (χ1v) is 12.0. The van der Waals surface area contributed by atoms with Crippen LogP contribution in [0.5, 0.6) is 0 Å². The van der Waals surface area contributed by atoms with Gasteiger partial charge in [-0.2, -0.15) is 26.3 Å². The van der Waals surface area contributed by atoms with Crippen molar-refractivity contribution >= 4 is 40.0 Å². The summed E-state index contributed by atoms with van der Waals surface area (Å²) < 4.78 is 70.1. The maximum absolute atomic E-state index is 12.8. The molecule has 0 fully saturated rings. The molecule has 1 amide bonds. The number of amides is 1. The van der Waals surface area contributed by atoms with Gasteiger partial charge in [0, 0.05) is 18.4 Å². The van der Waals surface area contributed by atoms with Gasteiger partial charge in [0.05, 0.1) is 6.20 Å². The highest BCUT2D eigenvalue weighted by Crippen LogP contribution is 2.20. The van der Waals surface area contributed by atoms with Crippen molar-refractivity contribution in [1.82, 2.24) is 5.32 Å². The van der Waals surface area contributed by atoms with Gasteiger partial charge in [-0.15, -0.1) is 0 Å². The van der Waals surface area contributed by atoms with Gasteiger partial charge in [-0.05, 0) is 35.7 Å². The summed E-state index contributed by atoms with van der Waals surface area (Å²) in [7, 11) is 0. The molecule has 0 saturated heterocycles. The van der Waals surface area contributed by atoms with E-state index < -0.39 is 30.3 Å². The molecule has 0 aliphatic carbocycles. The van der Waals surface area contributed by atoms with E-state index in [9.17, 15) is 35.9 Å². The normalized spacial score (nSPS) is 14.1. The van der Waals surface area contributed by atoms with Gasteiger partial charge in [0.1, 0.15) is 17.8 Å². The molecule has 3 N–H and O–H groups in total. The summed E-state index contributed by atoms with van der Waals surface area (Å²) in [6.45, 7) is 1.80. The van der Waals surface area contributed by atoms with Crippen LogP contribution in [0.3, 0.4) is 0 Å². The molecule has 39 heavy (non-hydrogen) atoms. The summed E-state index contributed by atoms with van der Waals surface area (Å²) in [5.74, 6) is -4.41. The average molecular weight is 560 g/mol. The highest BCUT2D eigenvalue weighted by molar-refractivity contribution is 5.92. The van der Waals surface area contributed by atoms with Crippen LogP contribution >= 0.6 is 0 Å². The molecule has 0 saturated carbocycles. The number of carbonyl (C=O) groups is 3. The van der Waals surface area contributed by atoms with E-state index in [0.29, 0.717) is 44.4 Å². The lowest BCUT2D eigenvalue weighted by atomic mass is 10.0. The molecule has 7 nitrogen and oxygen atoms in total. The number of unbranched alkanes of at least 4 members (excludes halogenated alkanes) is 2. The summed E-state index contributed by atoms with van der Waals surface area (Å²) in [6, 6.07) is 13.0. The van der Waals surface area contributed by atoms with Crippen LogP contribution in [0.4, 0.5) is 26.3 Å². The molecule has 0 unspecified atom stereocenters. The van der Waals surface area contributed by atoms with Gasteiger partial charge in [-0.3, -0.25) is 14.9 Å². The second kappa shape index (κ2) is 13.9. The van der Waals surface area contributed by atoms with Crippen LogP contribution in [0.1, 0.15) is 51.0 Å². The maximum atomic E-state index is 12.8. The van der Waals surface area contributed by atoms with Crippen LogP contribution in [-0.4, -0.2) is 41.9 Å². The van der Waals surface area contributed by atoms with Gasteiger partial charge < -0.3 is 15.2 Å². The molecule has 2 aromatic carbocycles. The number of halogens is 6. The topological polar surface area (TPSA) is 115 Å². The number of nitrogens with two attached hydrogens (primary N) is 1. The lowest BCUT2D eigenvalue weighted by Gasteiger charge is -2.18. The number of carboxylic acids is 1. The van der Waals surface area contributed by atoms with Gasteiger partial charge in [-0.1, -0.05) is 50.1 Å². The van der Waals surface area contributed by atoms with Crippen LogP contribution in [0.2, 0.25) is 0 Å². The minimum absolute atomic E-state index is 0.171.